The molecule has 1 aliphatic rings. The van der Waals surface area contributed by atoms with Gasteiger partial charge in [-0.05, 0) is 12.6 Å². The molecule has 0 radical (unpaired) electrons. The van der Waals surface area contributed by atoms with Gasteiger partial charge < -0.3 is 9.47 Å². The summed E-state index contributed by atoms with van der Waals surface area (Å²) >= 11 is 11.7. The van der Waals surface area contributed by atoms with Gasteiger partial charge in [-0.2, -0.15) is 0 Å². The maximum Gasteiger partial charge on any atom is 0.250 e. The van der Waals surface area contributed by atoms with Crippen LogP contribution in [0.25, 0.3) is 0 Å². The Morgan fingerprint density at radius 2 is 2.27 bits per heavy atom. The highest BCUT2D eigenvalue weighted by Gasteiger charge is 2.24. The molecule has 0 aliphatic carbocycles. The van der Waals surface area contributed by atoms with Gasteiger partial charge in [0.1, 0.15) is 6.10 Å². The maximum atomic E-state index is 5.86. The zero-order chi connectivity index (χ0) is 8.32. The van der Waals surface area contributed by atoms with Crippen LogP contribution in [0.3, 0.4) is 0 Å². The second kappa shape index (κ2) is 4.10. The van der Waals surface area contributed by atoms with E-state index >= 15 is 0 Å². The summed E-state index contributed by atoms with van der Waals surface area (Å²) in [6.45, 7) is 2.16. The van der Waals surface area contributed by atoms with Crippen molar-refractivity contribution >= 4 is 28.9 Å². The first-order chi connectivity index (χ1) is 5.08. The van der Waals surface area contributed by atoms with Gasteiger partial charge in [-0.25, -0.2) is 0 Å². The second-order valence-corrected chi connectivity index (χ2v) is 11.1. The predicted molar refractivity (Wildman–Crippen MR) is 48.7 cm³/mol. The Morgan fingerprint density at radius 1 is 1.64 bits per heavy atom. The third-order valence-electron chi connectivity index (χ3n) is 1.39. The molecule has 1 rings (SSSR count). The van der Waals surface area contributed by atoms with Crippen molar-refractivity contribution in [1.82, 2.24) is 0 Å². The van der Waals surface area contributed by atoms with E-state index < -0.39 is 6.69 Å². The predicted octanol–water partition coefficient (Wildman–Crippen LogP) is 1.95. The molecule has 66 valence electrons. The fourth-order valence-corrected chi connectivity index (χ4v) is 1.60. The normalized spacial score (nSPS) is 23.7. The fourth-order valence-electron chi connectivity index (χ4n) is 0.630. The van der Waals surface area contributed by atoms with Crippen LogP contribution in [-0.4, -0.2) is 32.6 Å². The van der Waals surface area contributed by atoms with E-state index in [0.29, 0.717) is 19.3 Å². The molecule has 0 aromatic heterocycles. The van der Waals surface area contributed by atoms with E-state index in [1.165, 1.54) is 0 Å². The topological polar surface area (TPSA) is 21.8 Å². The van der Waals surface area contributed by atoms with E-state index in [-0.39, 0.29) is 0 Å². The molecule has 0 spiro atoms. The van der Waals surface area contributed by atoms with Crippen LogP contribution in [0.2, 0.25) is 12.6 Å². The molecule has 0 bridgehead atoms. The van der Waals surface area contributed by atoms with E-state index in [1.807, 2.05) is 6.55 Å². The van der Waals surface area contributed by atoms with Crippen LogP contribution in [0.5, 0.6) is 0 Å². The zero-order valence-corrected chi connectivity index (χ0v) is 8.99. The van der Waals surface area contributed by atoms with Crippen LogP contribution >= 0.6 is 22.2 Å². The number of halogens is 2. The van der Waals surface area contributed by atoms with E-state index in [4.69, 9.17) is 31.6 Å². The van der Waals surface area contributed by atoms with Crippen molar-refractivity contribution < 1.29 is 9.47 Å². The summed E-state index contributed by atoms with van der Waals surface area (Å²) in [5.41, 5.74) is 0. The monoisotopic (exact) mass is 214 g/mol. The van der Waals surface area contributed by atoms with E-state index in [1.54, 1.807) is 0 Å². The molecule has 2 nitrogen and oxygen atoms in total. The van der Waals surface area contributed by atoms with Gasteiger partial charge in [0, 0.05) is 6.61 Å². The van der Waals surface area contributed by atoms with Crippen molar-refractivity contribution in [3.63, 3.8) is 0 Å². The molecule has 1 fully saturated rings. The minimum Gasteiger partial charge on any atom is -0.379 e. The van der Waals surface area contributed by atoms with E-state index in [2.05, 4.69) is 0 Å². The molecule has 0 saturated carbocycles. The lowest BCUT2D eigenvalue weighted by Crippen LogP contribution is -2.16. The Hall–Kier alpha value is 0.717. The van der Waals surface area contributed by atoms with Gasteiger partial charge in [-0.3, -0.25) is 0 Å². The standard InChI is InChI=1S/C6H12Cl2O2Si/c1-11(7,8)3-2-9-4-6-5-10-6/h6H,2-5H2,1H3. The van der Waals surface area contributed by atoms with E-state index in [0.717, 1.165) is 12.7 Å². The third kappa shape index (κ3) is 5.93. The average Bonchev–Trinajstić information content (AvgIpc) is 2.60. The number of hydrogen-bond acceptors (Lipinski definition) is 2. The molecule has 0 amide bonds. The Bertz CT molecular complexity index is 122. The van der Waals surface area contributed by atoms with Gasteiger partial charge in [0.2, 0.25) is 0 Å². The number of ether oxygens (including phenoxy) is 2. The second-order valence-electron chi connectivity index (χ2n) is 2.85. The third-order valence-corrected chi connectivity index (χ3v) is 3.61. The van der Waals surface area contributed by atoms with Crippen LogP contribution in [-0.2, 0) is 9.47 Å². The van der Waals surface area contributed by atoms with Crippen LogP contribution in [0.1, 0.15) is 0 Å². The Morgan fingerprint density at radius 3 is 2.73 bits per heavy atom. The summed E-state index contributed by atoms with van der Waals surface area (Å²) in [5.74, 6) is 0. The molecule has 1 aliphatic heterocycles. The molecular weight excluding hydrogens is 203 g/mol. The van der Waals surface area contributed by atoms with Gasteiger partial charge in [0.05, 0.1) is 13.2 Å². The quantitative estimate of drug-likeness (QED) is 0.302. The summed E-state index contributed by atoms with van der Waals surface area (Å²) in [4.78, 5) is 0. The van der Waals surface area contributed by atoms with Crippen LogP contribution in [0, 0.1) is 0 Å². The Kier molecular flexibility index (Phi) is 3.65. The molecule has 1 unspecified atom stereocenters. The lowest BCUT2D eigenvalue weighted by atomic mass is 10.5. The summed E-state index contributed by atoms with van der Waals surface area (Å²) in [6.07, 6.45) is 0.341. The number of hydrogen-bond donors (Lipinski definition) is 0. The first kappa shape index (κ1) is 9.80. The van der Waals surface area contributed by atoms with Gasteiger partial charge in [0.15, 0.2) is 0 Å². The number of epoxide rings is 1. The van der Waals surface area contributed by atoms with Crippen molar-refractivity contribution in [3.8, 4) is 0 Å². The van der Waals surface area contributed by atoms with Gasteiger partial charge >= 0.3 is 0 Å². The molecule has 1 atom stereocenters. The molecule has 1 heterocycles. The molecule has 1 saturated heterocycles. The van der Waals surface area contributed by atoms with Crippen molar-refractivity contribution in [3.05, 3.63) is 0 Å². The summed E-state index contributed by atoms with van der Waals surface area (Å²) in [6, 6.07) is 0.794. The maximum absolute atomic E-state index is 5.86. The summed E-state index contributed by atoms with van der Waals surface area (Å²) in [5, 5.41) is 0. The first-order valence-corrected chi connectivity index (χ1v) is 8.38. The van der Waals surface area contributed by atoms with Crippen molar-refractivity contribution in [2.24, 2.45) is 0 Å². The minimum atomic E-state index is -1.93. The molecule has 5 heteroatoms. The molecular formula is C6H12Cl2O2Si. The first-order valence-electron chi connectivity index (χ1n) is 3.65. The van der Waals surface area contributed by atoms with Gasteiger partial charge in [-0.1, -0.05) is 0 Å². The molecule has 0 N–H and O–H groups in total. The van der Waals surface area contributed by atoms with E-state index in [9.17, 15) is 0 Å². The highest BCUT2D eigenvalue weighted by molar-refractivity contribution is 7.44. The lowest BCUT2D eigenvalue weighted by Gasteiger charge is -2.09. The van der Waals surface area contributed by atoms with Gasteiger partial charge in [-0.15, -0.1) is 22.2 Å². The Labute approximate surface area is 77.2 Å². The largest absolute Gasteiger partial charge is 0.379 e. The molecule has 0 aromatic carbocycles. The van der Waals surface area contributed by atoms with Crippen LogP contribution in [0.15, 0.2) is 0 Å². The molecule has 0 aromatic rings. The minimum absolute atomic E-state index is 0.341. The highest BCUT2D eigenvalue weighted by Crippen LogP contribution is 2.19. The van der Waals surface area contributed by atoms with Crippen molar-refractivity contribution in [2.75, 3.05) is 19.8 Å². The van der Waals surface area contributed by atoms with Gasteiger partial charge in [0.25, 0.3) is 6.69 Å². The molecule has 11 heavy (non-hydrogen) atoms. The smallest absolute Gasteiger partial charge is 0.250 e. The highest BCUT2D eigenvalue weighted by atomic mass is 35.7. The van der Waals surface area contributed by atoms with Crippen LogP contribution < -0.4 is 0 Å². The zero-order valence-electron chi connectivity index (χ0n) is 6.48. The summed E-state index contributed by atoms with van der Waals surface area (Å²) in [7, 11) is 0. The SMILES string of the molecule is C[Si](Cl)(Cl)CCOCC1CO1. The lowest BCUT2D eigenvalue weighted by molar-refractivity contribution is 0.128. The van der Waals surface area contributed by atoms with Crippen molar-refractivity contribution in [1.29, 1.82) is 0 Å². The fraction of sp³-hybridized carbons (Fsp3) is 1.00. The summed E-state index contributed by atoms with van der Waals surface area (Å²) < 4.78 is 10.2. The average molecular weight is 215 g/mol. The number of rotatable bonds is 5. The van der Waals surface area contributed by atoms with Crippen molar-refractivity contribution in [2.45, 2.75) is 18.7 Å². The van der Waals surface area contributed by atoms with Crippen LogP contribution in [0.4, 0.5) is 0 Å². The Balaban J connectivity index is 1.87.